The molecule has 2 aromatic heterocycles. The van der Waals surface area contributed by atoms with Crippen LogP contribution in [0.25, 0.3) is 11.2 Å². The van der Waals surface area contributed by atoms with Gasteiger partial charge >= 0.3 is 0 Å². The van der Waals surface area contributed by atoms with Crippen LogP contribution in [0.1, 0.15) is 56.1 Å². The van der Waals surface area contributed by atoms with E-state index in [-0.39, 0.29) is 17.9 Å². The molecule has 1 aromatic carbocycles. The van der Waals surface area contributed by atoms with Crippen molar-refractivity contribution in [2.75, 3.05) is 13.1 Å². The molecule has 1 atom stereocenters. The van der Waals surface area contributed by atoms with Crippen LogP contribution in [0.5, 0.6) is 0 Å². The van der Waals surface area contributed by atoms with E-state index in [1.165, 1.54) is 0 Å². The van der Waals surface area contributed by atoms with Gasteiger partial charge in [0.2, 0.25) is 0 Å². The normalized spacial score (nSPS) is 16.5. The van der Waals surface area contributed by atoms with Crippen molar-refractivity contribution >= 4 is 28.7 Å². The number of piperidine rings is 1. The number of carbonyl (C=O) groups is 1. The third kappa shape index (κ3) is 3.74. The number of nitrogens with zero attached hydrogens (tertiary/aromatic N) is 4. The first-order chi connectivity index (χ1) is 14.0. The van der Waals surface area contributed by atoms with E-state index in [0.29, 0.717) is 23.7 Å². The van der Waals surface area contributed by atoms with E-state index in [2.05, 4.69) is 23.4 Å². The van der Waals surface area contributed by atoms with Crippen molar-refractivity contribution in [1.29, 1.82) is 0 Å². The first-order valence-electron chi connectivity index (χ1n) is 10.0. The van der Waals surface area contributed by atoms with Gasteiger partial charge < -0.3 is 14.6 Å². The first-order valence-corrected chi connectivity index (χ1v) is 10.4. The van der Waals surface area contributed by atoms with E-state index in [1.54, 1.807) is 35.4 Å². The minimum absolute atomic E-state index is 0.230. The number of pyridine rings is 1. The molecule has 0 radical (unpaired) electrons. The SMILES string of the molecule is CC(C)c1nc2cccnc2n1C1CCN(C(=O)[C@H](O)c2ccccc2Cl)CC1. The van der Waals surface area contributed by atoms with Crippen molar-refractivity contribution in [1.82, 2.24) is 19.4 Å². The largest absolute Gasteiger partial charge is 0.378 e. The number of likely N-dealkylation sites (tertiary alicyclic amines) is 1. The fourth-order valence-electron chi connectivity index (χ4n) is 4.06. The van der Waals surface area contributed by atoms with Gasteiger partial charge in [-0.25, -0.2) is 9.97 Å². The maximum atomic E-state index is 12.8. The van der Waals surface area contributed by atoms with E-state index in [0.717, 1.165) is 29.8 Å². The van der Waals surface area contributed by atoms with Gasteiger partial charge in [-0.05, 0) is 31.0 Å². The van der Waals surface area contributed by atoms with Crippen LogP contribution in [0.2, 0.25) is 5.02 Å². The highest BCUT2D eigenvalue weighted by atomic mass is 35.5. The zero-order valence-electron chi connectivity index (χ0n) is 16.6. The Bertz CT molecular complexity index is 1020. The summed E-state index contributed by atoms with van der Waals surface area (Å²) in [5.74, 6) is 1.01. The van der Waals surface area contributed by atoms with Gasteiger partial charge in [0, 0.05) is 41.8 Å². The second kappa shape index (κ2) is 8.13. The number of aliphatic hydroxyl groups excluding tert-OH is 1. The second-order valence-electron chi connectivity index (χ2n) is 7.82. The van der Waals surface area contributed by atoms with Crippen molar-refractivity contribution in [3.63, 3.8) is 0 Å². The summed E-state index contributed by atoms with van der Waals surface area (Å²) in [7, 11) is 0. The lowest BCUT2D eigenvalue weighted by Crippen LogP contribution is -2.41. The fourth-order valence-corrected chi connectivity index (χ4v) is 4.30. The zero-order valence-corrected chi connectivity index (χ0v) is 17.4. The number of halogens is 1. The standard InChI is InChI=1S/C22H25ClN4O2/c1-14(2)20-25-18-8-5-11-24-21(18)27(20)15-9-12-26(13-10-15)22(29)19(28)16-6-3-4-7-17(16)23/h3-8,11,14-15,19,28H,9-10,12-13H2,1-2H3/t19-/m1/s1. The maximum absolute atomic E-state index is 12.8. The molecule has 3 aromatic rings. The lowest BCUT2D eigenvalue weighted by molar-refractivity contribution is -0.141. The quantitative estimate of drug-likeness (QED) is 0.700. The molecule has 1 N–H and O–H groups in total. The number of benzene rings is 1. The monoisotopic (exact) mass is 412 g/mol. The van der Waals surface area contributed by atoms with Crippen LogP contribution in [0.4, 0.5) is 0 Å². The molecule has 1 amide bonds. The van der Waals surface area contributed by atoms with Gasteiger partial charge in [-0.15, -0.1) is 0 Å². The number of fused-ring (bicyclic) bond motifs is 1. The molecule has 0 saturated carbocycles. The van der Waals surface area contributed by atoms with Crippen molar-refractivity contribution in [3.8, 4) is 0 Å². The smallest absolute Gasteiger partial charge is 0.256 e. The molecular weight excluding hydrogens is 388 g/mol. The molecule has 1 aliphatic rings. The Morgan fingerprint density at radius 1 is 1.17 bits per heavy atom. The molecule has 3 heterocycles. The van der Waals surface area contributed by atoms with Gasteiger partial charge in [-0.1, -0.05) is 43.6 Å². The Kier molecular flexibility index (Phi) is 5.56. The minimum atomic E-state index is -1.23. The molecule has 0 aliphatic carbocycles. The number of aliphatic hydroxyl groups is 1. The van der Waals surface area contributed by atoms with Crippen LogP contribution < -0.4 is 0 Å². The van der Waals surface area contributed by atoms with Crippen molar-refractivity contribution in [3.05, 3.63) is 59.0 Å². The Labute approximate surface area is 175 Å². The Hall–Kier alpha value is -2.44. The lowest BCUT2D eigenvalue weighted by Gasteiger charge is -2.34. The summed E-state index contributed by atoms with van der Waals surface area (Å²) in [6.45, 7) is 5.43. The van der Waals surface area contributed by atoms with Crippen molar-refractivity contribution < 1.29 is 9.90 Å². The predicted molar refractivity (Wildman–Crippen MR) is 113 cm³/mol. The van der Waals surface area contributed by atoms with Crippen LogP contribution >= 0.6 is 11.6 Å². The van der Waals surface area contributed by atoms with Crippen LogP contribution in [-0.2, 0) is 4.79 Å². The van der Waals surface area contributed by atoms with Crippen molar-refractivity contribution in [2.45, 2.75) is 44.8 Å². The highest BCUT2D eigenvalue weighted by Gasteiger charge is 2.31. The highest BCUT2D eigenvalue weighted by Crippen LogP contribution is 2.32. The summed E-state index contributed by atoms with van der Waals surface area (Å²) in [6.07, 6.45) is 2.15. The van der Waals surface area contributed by atoms with Gasteiger partial charge in [-0.3, -0.25) is 4.79 Å². The summed E-state index contributed by atoms with van der Waals surface area (Å²) in [5, 5.41) is 10.9. The Morgan fingerprint density at radius 3 is 2.59 bits per heavy atom. The molecule has 1 saturated heterocycles. The van der Waals surface area contributed by atoms with Gasteiger partial charge in [0.15, 0.2) is 11.8 Å². The van der Waals surface area contributed by atoms with E-state index >= 15 is 0 Å². The maximum Gasteiger partial charge on any atom is 0.256 e. The number of aromatic nitrogens is 3. The molecule has 0 unspecified atom stereocenters. The van der Waals surface area contributed by atoms with Crippen LogP contribution in [0.15, 0.2) is 42.6 Å². The minimum Gasteiger partial charge on any atom is -0.378 e. The predicted octanol–water partition coefficient (Wildman–Crippen LogP) is 4.11. The Balaban J connectivity index is 1.52. The van der Waals surface area contributed by atoms with Crippen LogP contribution in [-0.4, -0.2) is 43.5 Å². The molecular formula is C22H25ClN4O2. The van der Waals surface area contributed by atoms with Crippen molar-refractivity contribution in [2.24, 2.45) is 0 Å². The van der Waals surface area contributed by atoms with Gasteiger partial charge in [0.1, 0.15) is 11.3 Å². The highest BCUT2D eigenvalue weighted by molar-refractivity contribution is 6.31. The number of amides is 1. The molecule has 0 bridgehead atoms. The molecule has 0 spiro atoms. The molecule has 1 aliphatic heterocycles. The van der Waals surface area contributed by atoms with Gasteiger partial charge in [0.25, 0.3) is 5.91 Å². The second-order valence-corrected chi connectivity index (χ2v) is 8.23. The molecule has 4 rings (SSSR count). The third-order valence-electron chi connectivity index (χ3n) is 5.57. The first kappa shape index (κ1) is 19.9. The van der Waals surface area contributed by atoms with E-state index in [9.17, 15) is 9.90 Å². The van der Waals surface area contributed by atoms with Crippen LogP contribution in [0, 0.1) is 0 Å². The number of hydrogen-bond donors (Lipinski definition) is 1. The summed E-state index contributed by atoms with van der Waals surface area (Å²) in [6, 6.07) is 11.1. The summed E-state index contributed by atoms with van der Waals surface area (Å²) in [4.78, 5) is 23.9. The number of hydrogen-bond acceptors (Lipinski definition) is 4. The van der Waals surface area contributed by atoms with Gasteiger partial charge in [-0.2, -0.15) is 0 Å². The third-order valence-corrected chi connectivity index (χ3v) is 5.91. The molecule has 1 fully saturated rings. The fraction of sp³-hybridized carbons (Fsp3) is 0.409. The average molecular weight is 413 g/mol. The van der Waals surface area contributed by atoms with E-state index in [1.807, 2.05) is 12.1 Å². The average Bonchev–Trinajstić information content (AvgIpc) is 3.13. The topological polar surface area (TPSA) is 71.2 Å². The van der Waals surface area contributed by atoms with Crippen LogP contribution in [0.3, 0.4) is 0 Å². The lowest BCUT2D eigenvalue weighted by atomic mass is 10.0. The molecule has 7 heteroatoms. The van der Waals surface area contributed by atoms with E-state index < -0.39 is 6.10 Å². The molecule has 152 valence electrons. The van der Waals surface area contributed by atoms with Gasteiger partial charge in [0.05, 0.1) is 0 Å². The summed E-state index contributed by atoms with van der Waals surface area (Å²) < 4.78 is 2.24. The zero-order chi connectivity index (χ0) is 20.5. The summed E-state index contributed by atoms with van der Waals surface area (Å²) in [5.41, 5.74) is 2.26. The number of carbonyl (C=O) groups excluding carboxylic acids is 1. The van der Waals surface area contributed by atoms with E-state index in [4.69, 9.17) is 16.6 Å². The number of rotatable bonds is 4. The molecule has 6 nitrogen and oxygen atoms in total. The number of imidazole rings is 1. The summed E-state index contributed by atoms with van der Waals surface area (Å²) >= 11 is 6.15. The molecule has 29 heavy (non-hydrogen) atoms. The Morgan fingerprint density at radius 2 is 1.90 bits per heavy atom.